The Labute approximate surface area is 141 Å². The summed E-state index contributed by atoms with van der Waals surface area (Å²) in [6, 6.07) is 4.42. The van der Waals surface area contributed by atoms with E-state index in [1.165, 1.54) is 6.92 Å². The number of rotatable bonds is 3. The summed E-state index contributed by atoms with van der Waals surface area (Å²) < 4.78 is 49.9. The molecule has 1 aliphatic heterocycles. The first-order valence-electron chi connectivity index (χ1n) is 7.79. The van der Waals surface area contributed by atoms with Gasteiger partial charge in [-0.3, -0.25) is 0 Å². The summed E-state index contributed by atoms with van der Waals surface area (Å²) >= 11 is 0. The summed E-state index contributed by atoms with van der Waals surface area (Å²) in [5.74, 6) is -0.526. The number of pyridine rings is 2. The van der Waals surface area contributed by atoms with Crippen molar-refractivity contribution in [3.63, 3.8) is 0 Å². The molecule has 0 saturated carbocycles. The number of halogens is 3. The van der Waals surface area contributed by atoms with Crippen molar-refractivity contribution in [1.82, 2.24) is 9.97 Å². The molecule has 0 N–H and O–H groups in total. The Balaban J connectivity index is 2.08. The molecule has 0 spiro atoms. The molecule has 1 fully saturated rings. The third-order valence-electron chi connectivity index (χ3n) is 3.76. The van der Waals surface area contributed by atoms with Gasteiger partial charge in [-0.05, 0) is 25.1 Å². The molecule has 1 saturated heterocycles. The van der Waals surface area contributed by atoms with Crippen molar-refractivity contribution < 1.29 is 27.4 Å². The Morgan fingerprint density at radius 3 is 2.64 bits per heavy atom. The maximum absolute atomic E-state index is 13.3. The second-order valence-electron chi connectivity index (χ2n) is 5.42. The van der Waals surface area contributed by atoms with Crippen molar-refractivity contribution in [2.45, 2.75) is 13.1 Å². The topological polar surface area (TPSA) is 64.5 Å². The van der Waals surface area contributed by atoms with Crippen LogP contribution in [0.2, 0.25) is 0 Å². The molecule has 0 amide bonds. The van der Waals surface area contributed by atoms with E-state index in [1.54, 1.807) is 12.1 Å². The maximum atomic E-state index is 13.3. The molecule has 0 unspecified atom stereocenters. The standard InChI is InChI=1S/C16H16F3N3O3/c1-2-25-15(23)11-9-10-3-4-12(22-5-7-24-8-6-22)20-14(10)21-13(11)16(17,18)19/h3-4,9H,2,5-8H2,1H3. The largest absolute Gasteiger partial charge is 0.462 e. The van der Waals surface area contributed by atoms with Crippen molar-refractivity contribution in [3.8, 4) is 0 Å². The van der Waals surface area contributed by atoms with E-state index in [2.05, 4.69) is 9.97 Å². The van der Waals surface area contributed by atoms with E-state index >= 15 is 0 Å². The fourth-order valence-corrected chi connectivity index (χ4v) is 2.59. The Kier molecular flexibility index (Phi) is 4.76. The van der Waals surface area contributed by atoms with Gasteiger partial charge in [0.2, 0.25) is 0 Å². The molecule has 1 aliphatic rings. The molecule has 0 bridgehead atoms. The van der Waals surface area contributed by atoms with E-state index in [0.29, 0.717) is 37.5 Å². The van der Waals surface area contributed by atoms with E-state index in [-0.39, 0.29) is 12.3 Å². The zero-order chi connectivity index (χ0) is 18.0. The van der Waals surface area contributed by atoms with Gasteiger partial charge in [-0.1, -0.05) is 0 Å². The fourth-order valence-electron chi connectivity index (χ4n) is 2.59. The van der Waals surface area contributed by atoms with Crippen molar-refractivity contribution in [2.75, 3.05) is 37.8 Å². The second-order valence-corrected chi connectivity index (χ2v) is 5.42. The lowest BCUT2D eigenvalue weighted by molar-refractivity contribution is -0.141. The lowest BCUT2D eigenvalue weighted by Crippen LogP contribution is -2.36. The number of aromatic nitrogens is 2. The number of nitrogens with zero attached hydrogens (tertiary/aromatic N) is 3. The van der Waals surface area contributed by atoms with Crippen LogP contribution in [-0.2, 0) is 15.7 Å². The van der Waals surface area contributed by atoms with Crippen molar-refractivity contribution in [2.24, 2.45) is 0 Å². The van der Waals surface area contributed by atoms with Gasteiger partial charge in [0.1, 0.15) is 5.82 Å². The Morgan fingerprint density at radius 1 is 1.28 bits per heavy atom. The van der Waals surface area contributed by atoms with E-state index in [1.807, 2.05) is 4.90 Å². The predicted octanol–water partition coefficient (Wildman–Crippen LogP) is 2.66. The van der Waals surface area contributed by atoms with Crippen LogP contribution in [0.4, 0.5) is 19.0 Å². The van der Waals surface area contributed by atoms with Gasteiger partial charge in [-0.2, -0.15) is 13.2 Å². The molecule has 9 heteroatoms. The summed E-state index contributed by atoms with van der Waals surface area (Å²) in [6.07, 6.45) is -4.78. The number of esters is 1. The van der Waals surface area contributed by atoms with Crippen molar-refractivity contribution >= 4 is 22.8 Å². The SMILES string of the molecule is CCOC(=O)c1cc2ccc(N3CCOCC3)nc2nc1C(F)(F)F. The first-order valence-corrected chi connectivity index (χ1v) is 7.79. The molecule has 0 aliphatic carbocycles. The first kappa shape index (κ1) is 17.4. The van der Waals surface area contributed by atoms with Gasteiger partial charge in [-0.25, -0.2) is 14.8 Å². The highest BCUT2D eigenvalue weighted by Gasteiger charge is 2.38. The zero-order valence-electron chi connectivity index (χ0n) is 13.5. The number of anilines is 1. The Morgan fingerprint density at radius 2 is 2.00 bits per heavy atom. The predicted molar refractivity (Wildman–Crippen MR) is 83.5 cm³/mol. The van der Waals surface area contributed by atoms with Crippen molar-refractivity contribution in [1.29, 1.82) is 0 Å². The van der Waals surface area contributed by atoms with Crippen LogP contribution in [0.5, 0.6) is 0 Å². The molecular formula is C16H16F3N3O3. The van der Waals surface area contributed by atoms with Crippen LogP contribution < -0.4 is 4.90 Å². The van der Waals surface area contributed by atoms with Gasteiger partial charge in [-0.15, -0.1) is 0 Å². The minimum Gasteiger partial charge on any atom is -0.462 e. The number of fused-ring (bicyclic) bond motifs is 1. The summed E-state index contributed by atoms with van der Waals surface area (Å²) in [4.78, 5) is 21.6. The van der Waals surface area contributed by atoms with Gasteiger partial charge in [0, 0.05) is 18.5 Å². The summed E-state index contributed by atoms with van der Waals surface area (Å²) in [6.45, 7) is 3.76. The number of hydrogen-bond donors (Lipinski definition) is 0. The smallest absolute Gasteiger partial charge is 0.434 e. The van der Waals surface area contributed by atoms with Gasteiger partial charge < -0.3 is 14.4 Å². The average molecular weight is 355 g/mol. The summed E-state index contributed by atoms with van der Waals surface area (Å²) in [7, 11) is 0. The monoisotopic (exact) mass is 355 g/mol. The number of morpholine rings is 1. The highest BCUT2D eigenvalue weighted by molar-refractivity contribution is 5.95. The Hall–Kier alpha value is -2.42. The van der Waals surface area contributed by atoms with Crippen LogP contribution in [0.1, 0.15) is 23.0 Å². The highest BCUT2D eigenvalue weighted by Crippen LogP contribution is 2.33. The molecule has 25 heavy (non-hydrogen) atoms. The van der Waals surface area contributed by atoms with E-state index in [0.717, 1.165) is 6.07 Å². The average Bonchev–Trinajstić information content (AvgIpc) is 2.60. The third-order valence-corrected chi connectivity index (χ3v) is 3.76. The number of carbonyl (C=O) groups excluding carboxylic acids is 1. The van der Waals surface area contributed by atoms with Crippen LogP contribution in [-0.4, -0.2) is 48.8 Å². The van der Waals surface area contributed by atoms with Crippen LogP contribution in [0.15, 0.2) is 18.2 Å². The zero-order valence-corrected chi connectivity index (χ0v) is 13.5. The van der Waals surface area contributed by atoms with Gasteiger partial charge in [0.25, 0.3) is 0 Å². The van der Waals surface area contributed by atoms with E-state index < -0.39 is 23.4 Å². The van der Waals surface area contributed by atoms with Crippen LogP contribution in [0, 0.1) is 0 Å². The number of ether oxygens (including phenoxy) is 2. The molecular weight excluding hydrogens is 339 g/mol. The molecule has 134 valence electrons. The summed E-state index contributed by atoms with van der Waals surface area (Å²) in [5, 5.41) is 0.341. The van der Waals surface area contributed by atoms with Gasteiger partial charge >= 0.3 is 12.1 Å². The molecule has 0 aromatic carbocycles. The number of carbonyl (C=O) groups is 1. The Bertz CT molecular complexity index is 789. The molecule has 0 radical (unpaired) electrons. The fraction of sp³-hybridized carbons (Fsp3) is 0.438. The van der Waals surface area contributed by atoms with E-state index in [4.69, 9.17) is 9.47 Å². The second kappa shape index (κ2) is 6.83. The normalized spacial score (nSPS) is 15.4. The quantitative estimate of drug-likeness (QED) is 0.789. The van der Waals surface area contributed by atoms with Gasteiger partial charge in [0.15, 0.2) is 11.3 Å². The minimum atomic E-state index is -4.78. The summed E-state index contributed by atoms with van der Waals surface area (Å²) in [5.41, 5.74) is -1.96. The van der Waals surface area contributed by atoms with Gasteiger partial charge in [0.05, 0.1) is 25.4 Å². The molecule has 3 rings (SSSR count). The molecule has 0 atom stereocenters. The molecule has 2 aromatic heterocycles. The molecule has 3 heterocycles. The first-order chi connectivity index (χ1) is 11.9. The molecule has 6 nitrogen and oxygen atoms in total. The lowest BCUT2D eigenvalue weighted by atomic mass is 10.1. The lowest BCUT2D eigenvalue weighted by Gasteiger charge is -2.27. The highest BCUT2D eigenvalue weighted by atomic mass is 19.4. The number of hydrogen-bond acceptors (Lipinski definition) is 6. The van der Waals surface area contributed by atoms with E-state index in [9.17, 15) is 18.0 Å². The maximum Gasteiger partial charge on any atom is 0.434 e. The van der Waals surface area contributed by atoms with Crippen LogP contribution >= 0.6 is 0 Å². The minimum absolute atomic E-state index is 0.0254. The molecule has 2 aromatic rings. The van der Waals surface area contributed by atoms with Crippen LogP contribution in [0.25, 0.3) is 11.0 Å². The number of alkyl halides is 3. The van der Waals surface area contributed by atoms with Crippen molar-refractivity contribution in [3.05, 3.63) is 29.5 Å². The third kappa shape index (κ3) is 3.65. The van der Waals surface area contributed by atoms with Crippen LogP contribution in [0.3, 0.4) is 0 Å².